The number of nitrogens with one attached hydrogen (secondary N) is 1. The molecule has 3 N–H and O–H groups in total. The van der Waals surface area contributed by atoms with E-state index >= 15 is 0 Å². The van der Waals surface area contributed by atoms with Crippen LogP contribution >= 0.6 is 11.6 Å². The van der Waals surface area contributed by atoms with Crippen molar-refractivity contribution in [1.82, 2.24) is 29.9 Å². The summed E-state index contributed by atoms with van der Waals surface area (Å²) in [4.78, 5) is 31.0. The highest BCUT2D eigenvalue weighted by atomic mass is 35.5. The SMILES string of the molecule is Cc1nc(C)nc(N2CCc3c([nH]c4c(N)cc(Cl)cc34)C2c2cnc(N3CCOCC3)nc2)n1. The molecule has 10 nitrogen and oxygen atoms in total. The fraction of sp³-hybridized carbons (Fsp3) is 0.375. The summed E-state index contributed by atoms with van der Waals surface area (Å²) in [5, 5.41) is 1.67. The normalized spacial score (nSPS) is 18.2. The molecule has 1 saturated heterocycles. The van der Waals surface area contributed by atoms with E-state index < -0.39 is 0 Å². The predicted molar refractivity (Wildman–Crippen MR) is 135 cm³/mol. The summed E-state index contributed by atoms with van der Waals surface area (Å²) in [7, 11) is 0. The summed E-state index contributed by atoms with van der Waals surface area (Å²) in [5.41, 5.74) is 11.0. The number of benzene rings is 1. The fourth-order valence-corrected chi connectivity index (χ4v) is 5.30. The summed E-state index contributed by atoms with van der Waals surface area (Å²) in [6.45, 7) is 7.41. The molecule has 0 saturated carbocycles. The standard InChI is InChI=1S/C24H26ClN9O/c1-13-29-14(2)31-24(30-13)34-4-3-17-18-9-16(25)10-19(26)20(18)32-21(17)22(34)15-11-27-23(28-12-15)33-5-7-35-8-6-33/h9-12,22,32H,3-8,26H2,1-2H3. The van der Waals surface area contributed by atoms with E-state index in [4.69, 9.17) is 32.0 Å². The summed E-state index contributed by atoms with van der Waals surface area (Å²) in [6, 6.07) is 3.53. The highest BCUT2D eigenvalue weighted by Gasteiger charge is 2.34. The number of aromatic amines is 1. The van der Waals surface area contributed by atoms with Crippen LogP contribution in [0.5, 0.6) is 0 Å². The third-order valence-corrected chi connectivity index (χ3v) is 6.82. The van der Waals surface area contributed by atoms with E-state index in [1.807, 2.05) is 32.3 Å². The zero-order chi connectivity index (χ0) is 24.1. The van der Waals surface area contributed by atoms with Crippen molar-refractivity contribution in [3.8, 4) is 0 Å². The van der Waals surface area contributed by atoms with Gasteiger partial charge in [-0.25, -0.2) is 15.0 Å². The van der Waals surface area contributed by atoms with Crippen LogP contribution < -0.4 is 15.5 Å². The van der Waals surface area contributed by atoms with Crippen molar-refractivity contribution in [3.63, 3.8) is 0 Å². The molecule has 0 aliphatic carbocycles. The number of nitrogen functional groups attached to an aromatic ring is 1. The fourth-order valence-electron chi connectivity index (χ4n) is 5.07. The minimum absolute atomic E-state index is 0.218. The van der Waals surface area contributed by atoms with Crippen LogP contribution in [0.3, 0.4) is 0 Å². The Bertz CT molecular complexity index is 1380. The van der Waals surface area contributed by atoms with Gasteiger partial charge in [-0.15, -0.1) is 0 Å². The molecule has 5 heterocycles. The molecule has 0 spiro atoms. The van der Waals surface area contributed by atoms with Gasteiger partial charge in [0.25, 0.3) is 0 Å². The Kier molecular flexibility index (Phi) is 5.42. The Labute approximate surface area is 207 Å². The van der Waals surface area contributed by atoms with Crippen molar-refractivity contribution in [3.05, 3.63) is 58.0 Å². The molecular formula is C24H26ClN9O. The lowest BCUT2D eigenvalue weighted by atomic mass is 9.94. The second-order valence-electron chi connectivity index (χ2n) is 8.93. The molecule has 0 bridgehead atoms. The third kappa shape index (κ3) is 3.92. The number of morpholine rings is 1. The molecule has 11 heteroatoms. The number of hydrogen-bond acceptors (Lipinski definition) is 9. The zero-order valence-electron chi connectivity index (χ0n) is 19.6. The van der Waals surface area contributed by atoms with Crippen molar-refractivity contribution in [1.29, 1.82) is 0 Å². The maximum absolute atomic E-state index is 6.36. The Morgan fingerprint density at radius 3 is 2.43 bits per heavy atom. The minimum atomic E-state index is -0.218. The van der Waals surface area contributed by atoms with Crippen LogP contribution in [0, 0.1) is 13.8 Å². The molecule has 4 aromatic rings. The monoisotopic (exact) mass is 491 g/mol. The zero-order valence-corrected chi connectivity index (χ0v) is 20.4. The molecule has 35 heavy (non-hydrogen) atoms. The number of hydrogen-bond donors (Lipinski definition) is 2. The van der Waals surface area contributed by atoms with Gasteiger partial charge in [-0.3, -0.25) is 0 Å². The van der Waals surface area contributed by atoms with E-state index in [2.05, 4.69) is 29.7 Å². The van der Waals surface area contributed by atoms with Gasteiger partial charge in [0.2, 0.25) is 11.9 Å². The number of nitrogens with zero attached hydrogens (tertiary/aromatic N) is 7. The largest absolute Gasteiger partial charge is 0.397 e. The van der Waals surface area contributed by atoms with Crippen LogP contribution in [0.15, 0.2) is 24.5 Å². The van der Waals surface area contributed by atoms with E-state index in [1.165, 1.54) is 5.56 Å². The van der Waals surface area contributed by atoms with Crippen molar-refractivity contribution >= 4 is 40.1 Å². The number of rotatable bonds is 3. The average Bonchev–Trinajstić information content (AvgIpc) is 3.22. The summed E-state index contributed by atoms with van der Waals surface area (Å²) in [5.74, 6) is 2.71. The van der Waals surface area contributed by atoms with Gasteiger partial charge in [-0.05, 0) is 38.0 Å². The predicted octanol–water partition coefficient (Wildman–Crippen LogP) is 2.98. The number of fused-ring (bicyclic) bond motifs is 3. The lowest BCUT2D eigenvalue weighted by molar-refractivity contribution is 0.122. The second-order valence-corrected chi connectivity index (χ2v) is 9.36. The lowest BCUT2D eigenvalue weighted by Gasteiger charge is -2.36. The van der Waals surface area contributed by atoms with Crippen LogP contribution in [0.1, 0.15) is 34.5 Å². The number of aryl methyl sites for hydroxylation is 2. The van der Waals surface area contributed by atoms with Crippen LogP contribution in [0.4, 0.5) is 17.6 Å². The first-order chi connectivity index (χ1) is 17.0. The van der Waals surface area contributed by atoms with E-state index in [-0.39, 0.29) is 6.04 Å². The maximum atomic E-state index is 6.36. The molecule has 180 valence electrons. The van der Waals surface area contributed by atoms with Crippen LogP contribution in [-0.4, -0.2) is 62.8 Å². The number of halogens is 1. The maximum Gasteiger partial charge on any atom is 0.229 e. The summed E-state index contributed by atoms with van der Waals surface area (Å²) >= 11 is 6.36. The summed E-state index contributed by atoms with van der Waals surface area (Å²) < 4.78 is 5.46. The second kappa shape index (κ2) is 8.62. The van der Waals surface area contributed by atoms with Gasteiger partial charge in [0, 0.05) is 53.7 Å². The van der Waals surface area contributed by atoms with Gasteiger partial charge >= 0.3 is 0 Å². The Morgan fingerprint density at radius 1 is 1.00 bits per heavy atom. The van der Waals surface area contributed by atoms with Gasteiger partial charge in [0.15, 0.2) is 0 Å². The van der Waals surface area contributed by atoms with Crippen molar-refractivity contribution in [2.45, 2.75) is 26.3 Å². The quantitative estimate of drug-likeness (QED) is 0.416. The molecule has 1 unspecified atom stereocenters. The van der Waals surface area contributed by atoms with Gasteiger partial charge in [-0.1, -0.05) is 11.6 Å². The first kappa shape index (κ1) is 22.0. The molecule has 0 amide bonds. The smallest absolute Gasteiger partial charge is 0.229 e. The van der Waals surface area contributed by atoms with Gasteiger partial charge < -0.3 is 25.3 Å². The number of nitrogens with two attached hydrogens (primary N) is 1. The lowest BCUT2D eigenvalue weighted by Crippen LogP contribution is -2.39. The molecule has 6 rings (SSSR count). The third-order valence-electron chi connectivity index (χ3n) is 6.60. The Hall–Kier alpha value is -3.50. The highest BCUT2D eigenvalue weighted by Crippen LogP contribution is 2.41. The van der Waals surface area contributed by atoms with Crippen LogP contribution in [0.25, 0.3) is 10.9 Å². The van der Waals surface area contributed by atoms with Crippen LogP contribution in [0.2, 0.25) is 5.02 Å². The van der Waals surface area contributed by atoms with E-state index in [1.54, 1.807) is 6.07 Å². The number of anilines is 3. The van der Waals surface area contributed by atoms with Crippen molar-refractivity contribution < 1.29 is 4.74 Å². The van der Waals surface area contributed by atoms with Crippen LogP contribution in [-0.2, 0) is 11.2 Å². The molecule has 1 atom stereocenters. The topological polar surface area (TPSA) is 122 Å². The van der Waals surface area contributed by atoms with E-state index in [0.717, 1.165) is 41.7 Å². The minimum Gasteiger partial charge on any atom is -0.397 e. The van der Waals surface area contributed by atoms with Crippen molar-refractivity contribution in [2.24, 2.45) is 0 Å². The highest BCUT2D eigenvalue weighted by molar-refractivity contribution is 6.32. The number of H-pyrrole nitrogens is 1. The molecule has 2 aliphatic heterocycles. The van der Waals surface area contributed by atoms with Crippen molar-refractivity contribution in [2.75, 3.05) is 48.4 Å². The molecule has 0 radical (unpaired) electrons. The molecule has 1 aromatic carbocycles. The van der Waals surface area contributed by atoms with Gasteiger partial charge in [0.05, 0.1) is 24.4 Å². The Morgan fingerprint density at radius 2 is 1.71 bits per heavy atom. The Balaban J connectivity index is 1.48. The molecule has 1 fully saturated rings. The van der Waals surface area contributed by atoms with Gasteiger partial charge in [0.1, 0.15) is 17.7 Å². The molecule has 2 aliphatic rings. The van der Waals surface area contributed by atoms with Gasteiger partial charge in [-0.2, -0.15) is 9.97 Å². The average molecular weight is 492 g/mol. The first-order valence-electron chi connectivity index (χ1n) is 11.7. The first-order valence-corrected chi connectivity index (χ1v) is 12.1. The van der Waals surface area contributed by atoms with E-state index in [9.17, 15) is 0 Å². The number of ether oxygens (including phenoxy) is 1. The molecular weight excluding hydrogens is 466 g/mol. The summed E-state index contributed by atoms with van der Waals surface area (Å²) in [6.07, 6.45) is 4.59. The van der Waals surface area contributed by atoms with E-state index in [0.29, 0.717) is 54.0 Å². The number of aromatic nitrogens is 6. The molecule has 3 aromatic heterocycles.